The lowest BCUT2D eigenvalue weighted by atomic mass is 10.3. The molecule has 0 N–H and O–H groups in total. The Morgan fingerprint density at radius 3 is 2.37 bits per heavy atom. The molecule has 0 saturated carbocycles. The predicted octanol–water partition coefficient (Wildman–Crippen LogP) is 1.00. The van der Waals surface area contributed by atoms with Crippen LogP contribution in [0, 0.1) is 20.8 Å². The van der Waals surface area contributed by atoms with Gasteiger partial charge in [-0.1, -0.05) is 5.21 Å². The number of aryl methyl sites for hydroxylation is 3. The Morgan fingerprint density at radius 1 is 0.926 bits per heavy atom. The average molecular weight is 367 g/mol. The van der Waals surface area contributed by atoms with Gasteiger partial charge < -0.3 is 4.90 Å². The molecule has 142 valence electrons. The van der Waals surface area contributed by atoms with Gasteiger partial charge in [-0.2, -0.15) is 5.10 Å². The quantitative estimate of drug-likeness (QED) is 0.665. The lowest BCUT2D eigenvalue weighted by Crippen LogP contribution is -2.47. The molecule has 9 heteroatoms. The van der Waals surface area contributed by atoms with Gasteiger partial charge in [-0.05, 0) is 26.8 Å². The van der Waals surface area contributed by atoms with E-state index in [2.05, 4.69) is 41.2 Å². The van der Waals surface area contributed by atoms with E-state index < -0.39 is 0 Å². The Labute approximate surface area is 158 Å². The van der Waals surface area contributed by atoms with E-state index in [4.69, 9.17) is 0 Å². The first-order valence-corrected chi connectivity index (χ1v) is 9.29. The highest BCUT2D eigenvalue weighted by Gasteiger charge is 2.19. The minimum absolute atomic E-state index is 0.767. The van der Waals surface area contributed by atoms with E-state index in [-0.39, 0.29) is 0 Å². The number of nitrogens with zero attached hydrogens (tertiary/aromatic N) is 9. The minimum atomic E-state index is 0.767. The molecule has 0 atom stereocenters. The zero-order valence-corrected chi connectivity index (χ0v) is 16.1. The van der Waals surface area contributed by atoms with Crippen molar-refractivity contribution in [3.05, 3.63) is 41.7 Å². The second-order valence-corrected chi connectivity index (χ2v) is 6.97. The number of rotatable bonds is 5. The maximum absolute atomic E-state index is 4.66. The second kappa shape index (κ2) is 7.43. The highest BCUT2D eigenvalue weighted by atomic mass is 15.4. The first kappa shape index (κ1) is 17.6. The molecular formula is C18H25N9. The average Bonchev–Trinajstić information content (AvgIpc) is 3.29. The minimum Gasteiger partial charge on any atom is -0.354 e. The molecule has 1 saturated heterocycles. The molecule has 1 aliphatic heterocycles. The van der Waals surface area contributed by atoms with Crippen LogP contribution in [0.5, 0.6) is 0 Å². The van der Waals surface area contributed by atoms with Crippen molar-refractivity contribution >= 4 is 5.82 Å². The van der Waals surface area contributed by atoms with Crippen LogP contribution in [0.4, 0.5) is 5.82 Å². The molecule has 3 aromatic rings. The van der Waals surface area contributed by atoms with Crippen molar-refractivity contribution in [2.24, 2.45) is 0 Å². The predicted molar refractivity (Wildman–Crippen MR) is 102 cm³/mol. The monoisotopic (exact) mass is 367 g/mol. The molecule has 4 heterocycles. The van der Waals surface area contributed by atoms with Crippen molar-refractivity contribution < 1.29 is 0 Å². The Balaban J connectivity index is 1.43. The molecule has 4 rings (SSSR count). The van der Waals surface area contributed by atoms with E-state index in [1.54, 1.807) is 6.20 Å². The fourth-order valence-electron chi connectivity index (χ4n) is 3.46. The van der Waals surface area contributed by atoms with Crippen molar-refractivity contribution in [1.82, 2.24) is 39.6 Å². The lowest BCUT2D eigenvalue weighted by molar-refractivity contribution is 0.243. The molecule has 0 amide bonds. The van der Waals surface area contributed by atoms with Gasteiger partial charge in [0.25, 0.3) is 0 Å². The molecule has 1 aliphatic rings. The number of hydrogen-bond acceptors (Lipinski definition) is 7. The number of anilines is 1. The summed E-state index contributed by atoms with van der Waals surface area (Å²) in [5, 5.41) is 12.4. The molecule has 0 radical (unpaired) electrons. The van der Waals surface area contributed by atoms with Crippen LogP contribution in [-0.2, 0) is 6.54 Å². The Hall–Kier alpha value is -2.81. The Bertz CT molecular complexity index is 892. The number of hydrogen-bond donors (Lipinski definition) is 0. The molecule has 27 heavy (non-hydrogen) atoms. The smallest absolute Gasteiger partial charge is 0.159 e. The SMILES string of the molecule is Cc1cc(C)n(-c2cc(N3CCN(CCn4ccnn4)CC3)nc(C)n2)n1. The van der Waals surface area contributed by atoms with Gasteiger partial charge in [0, 0.05) is 50.7 Å². The van der Waals surface area contributed by atoms with Crippen LogP contribution in [-0.4, -0.2) is 72.4 Å². The second-order valence-electron chi connectivity index (χ2n) is 6.97. The summed E-state index contributed by atoms with van der Waals surface area (Å²) in [5.41, 5.74) is 2.07. The maximum Gasteiger partial charge on any atom is 0.159 e. The van der Waals surface area contributed by atoms with Gasteiger partial charge in [0.2, 0.25) is 0 Å². The normalized spacial score (nSPS) is 15.4. The van der Waals surface area contributed by atoms with Crippen LogP contribution in [0.1, 0.15) is 17.2 Å². The molecule has 0 bridgehead atoms. The lowest BCUT2D eigenvalue weighted by Gasteiger charge is -2.35. The summed E-state index contributed by atoms with van der Waals surface area (Å²) in [6.07, 6.45) is 3.62. The zero-order valence-electron chi connectivity index (χ0n) is 16.1. The Morgan fingerprint density at radius 2 is 1.70 bits per heavy atom. The summed E-state index contributed by atoms with van der Waals surface area (Å²) in [6.45, 7) is 11.7. The van der Waals surface area contributed by atoms with Crippen molar-refractivity contribution in [2.75, 3.05) is 37.6 Å². The molecule has 1 fully saturated rings. The third-order valence-electron chi connectivity index (χ3n) is 4.85. The van der Waals surface area contributed by atoms with Gasteiger partial charge in [-0.25, -0.2) is 14.6 Å². The van der Waals surface area contributed by atoms with Crippen LogP contribution in [0.3, 0.4) is 0 Å². The molecule has 0 unspecified atom stereocenters. The van der Waals surface area contributed by atoms with Gasteiger partial charge in [0.05, 0.1) is 18.4 Å². The highest BCUT2D eigenvalue weighted by molar-refractivity contribution is 5.45. The van der Waals surface area contributed by atoms with E-state index >= 15 is 0 Å². The van der Waals surface area contributed by atoms with Crippen molar-refractivity contribution in [2.45, 2.75) is 27.3 Å². The van der Waals surface area contributed by atoms with E-state index in [0.29, 0.717) is 0 Å². The molecule has 0 aliphatic carbocycles. The van der Waals surface area contributed by atoms with Crippen molar-refractivity contribution in [1.29, 1.82) is 0 Å². The molecule has 0 spiro atoms. The van der Waals surface area contributed by atoms with Gasteiger partial charge in [0.1, 0.15) is 11.6 Å². The van der Waals surface area contributed by atoms with E-state index in [9.17, 15) is 0 Å². The van der Waals surface area contributed by atoms with Crippen LogP contribution >= 0.6 is 0 Å². The van der Waals surface area contributed by atoms with Gasteiger partial charge in [-0.15, -0.1) is 5.10 Å². The standard InChI is InChI=1S/C18H25N9/c1-14-12-15(2)27(22-14)18-13-17(20-16(3)21-18)25-9-6-24(7-10-25)8-11-26-5-4-19-23-26/h4-5,12-13H,6-11H2,1-3H3. The summed E-state index contributed by atoms with van der Waals surface area (Å²) in [4.78, 5) is 14.0. The van der Waals surface area contributed by atoms with Crippen LogP contribution in [0.2, 0.25) is 0 Å². The summed E-state index contributed by atoms with van der Waals surface area (Å²) < 4.78 is 3.77. The first-order valence-electron chi connectivity index (χ1n) is 9.29. The maximum atomic E-state index is 4.66. The molecule has 9 nitrogen and oxygen atoms in total. The summed E-state index contributed by atoms with van der Waals surface area (Å²) in [6, 6.07) is 4.10. The summed E-state index contributed by atoms with van der Waals surface area (Å²) in [7, 11) is 0. The summed E-state index contributed by atoms with van der Waals surface area (Å²) in [5.74, 6) is 2.57. The van der Waals surface area contributed by atoms with E-state index in [0.717, 1.165) is 68.1 Å². The van der Waals surface area contributed by atoms with Crippen LogP contribution in [0.15, 0.2) is 24.5 Å². The first-order chi connectivity index (χ1) is 13.1. The molecule has 0 aromatic carbocycles. The van der Waals surface area contributed by atoms with Crippen molar-refractivity contribution in [3.8, 4) is 5.82 Å². The number of piperazine rings is 1. The third-order valence-corrected chi connectivity index (χ3v) is 4.85. The largest absolute Gasteiger partial charge is 0.354 e. The van der Waals surface area contributed by atoms with Crippen molar-refractivity contribution in [3.63, 3.8) is 0 Å². The Kier molecular flexibility index (Phi) is 4.85. The highest BCUT2D eigenvalue weighted by Crippen LogP contribution is 2.18. The fraction of sp³-hybridized carbons (Fsp3) is 0.500. The summed E-state index contributed by atoms with van der Waals surface area (Å²) >= 11 is 0. The number of aromatic nitrogens is 7. The van der Waals surface area contributed by atoms with E-state index in [1.165, 1.54) is 0 Å². The van der Waals surface area contributed by atoms with E-state index in [1.807, 2.05) is 42.4 Å². The van der Waals surface area contributed by atoms with Crippen LogP contribution in [0.25, 0.3) is 5.82 Å². The fourth-order valence-corrected chi connectivity index (χ4v) is 3.46. The topological polar surface area (TPSA) is 80.8 Å². The van der Waals surface area contributed by atoms with Gasteiger partial charge >= 0.3 is 0 Å². The zero-order chi connectivity index (χ0) is 18.8. The molecular weight excluding hydrogens is 342 g/mol. The van der Waals surface area contributed by atoms with Gasteiger partial charge in [-0.3, -0.25) is 9.58 Å². The van der Waals surface area contributed by atoms with Gasteiger partial charge in [0.15, 0.2) is 5.82 Å². The van der Waals surface area contributed by atoms with Crippen LogP contribution < -0.4 is 4.90 Å². The third kappa shape index (κ3) is 3.97. The molecule has 3 aromatic heterocycles.